The number of hydrazone groups is 1. The number of anilines is 3. The standard InChI is InChI=1S/C25H25N5O3/c1-18(29-30-25(33)24(32)26-17-19-8-4-2-5-9-19)16-23(31)28-22-14-12-21(13-15-22)27-20-10-6-3-7-11-20/h2-15,27H,16-17H2,1H3,(H,26,32)(H,28,31)(H,30,33)/b29-18+. The van der Waals surface area contributed by atoms with E-state index in [-0.39, 0.29) is 18.9 Å². The van der Waals surface area contributed by atoms with Crippen LogP contribution >= 0.6 is 0 Å². The Morgan fingerprint density at radius 3 is 1.97 bits per heavy atom. The quantitative estimate of drug-likeness (QED) is 0.242. The Hall–Kier alpha value is -4.46. The van der Waals surface area contributed by atoms with E-state index in [0.717, 1.165) is 16.9 Å². The first-order valence-electron chi connectivity index (χ1n) is 10.4. The number of hydrogen-bond acceptors (Lipinski definition) is 5. The van der Waals surface area contributed by atoms with E-state index in [1.807, 2.05) is 72.8 Å². The van der Waals surface area contributed by atoms with Crippen molar-refractivity contribution >= 4 is 40.5 Å². The molecule has 0 unspecified atom stereocenters. The maximum atomic E-state index is 12.2. The minimum atomic E-state index is -0.896. The van der Waals surface area contributed by atoms with E-state index < -0.39 is 11.8 Å². The van der Waals surface area contributed by atoms with E-state index in [1.165, 1.54) is 0 Å². The number of benzene rings is 3. The van der Waals surface area contributed by atoms with Crippen molar-refractivity contribution in [2.75, 3.05) is 10.6 Å². The van der Waals surface area contributed by atoms with Gasteiger partial charge >= 0.3 is 11.8 Å². The molecule has 8 heteroatoms. The molecule has 33 heavy (non-hydrogen) atoms. The molecule has 0 spiro atoms. The maximum absolute atomic E-state index is 12.2. The van der Waals surface area contributed by atoms with E-state index in [0.29, 0.717) is 11.4 Å². The van der Waals surface area contributed by atoms with Crippen molar-refractivity contribution in [2.45, 2.75) is 19.9 Å². The number of nitrogens with one attached hydrogen (secondary N) is 4. The van der Waals surface area contributed by atoms with Crippen LogP contribution in [0.2, 0.25) is 0 Å². The van der Waals surface area contributed by atoms with Crippen LogP contribution in [-0.2, 0) is 20.9 Å². The van der Waals surface area contributed by atoms with Crippen LogP contribution in [0.4, 0.5) is 17.1 Å². The monoisotopic (exact) mass is 443 g/mol. The minimum absolute atomic E-state index is 0.0318. The van der Waals surface area contributed by atoms with E-state index in [4.69, 9.17) is 0 Å². The summed E-state index contributed by atoms with van der Waals surface area (Å²) in [6.07, 6.45) is -0.0318. The summed E-state index contributed by atoms with van der Waals surface area (Å²) in [6.45, 7) is 1.83. The molecule has 0 radical (unpaired) electrons. The predicted molar refractivity (Wildman–Crippen MR) is 129 cm³/mol. The van der Waals surface area contributed by atoms with Gasteiger partial charge in [0, 0.05) is 29.3 Å². The molecule has 0 saturated heterocycles. The van der Waals surface area contributed by atoms with Crippen LogP contribution in [0.25, 0.3) is 0 Å². The number of carbonyl (C=O) groups is 3. The van der Waals surface area contributed by atoms with E-state index >= 15 is 0 Å². The molecule has 0 aliphatic carbocycles. The molecular formula is C25H25N5O3. The lowest BCUT2D eigenvalue weighted by Crippen LogP contribution is -2.37. The number of carbonyl (C=O) groups excluding carboxylic acids is 3. The SMILES string of the molecule is C/C(CC(=O)Nc1ccc(Nc2ccccc2)cc1)=N\NC(=O)C(=O)NCc1ccccc1. The molecule has 3 aromatic rings. The number of hydrogen-bond donors (Lipinski definition) is 4. The largest absolute Gasteiger partial charge is 0.356 e. The molecule has 0 bridgehead atoms. The Morgan fingerprint density at radius 1 is 0.727 bits per heavy atom. The highest BCUT2D eigenvalue weighted by Gasteiger charge is 2.13. The zero-order valence-electron chi connectivity index (χ0n) is 18.2. The summed E-state index contributed by atoms with van der Waals surface area (Å²) in [5.74, 6) is -1.99. The lowest BCUT2D eigenvalue weighted by atomic mass is 10.2. The smallest absolute Gasteiger partial charge is 0.329 e. The van der Waals surface area contributed by atoms with Gasteiger partial charge in [-0.05, 0) is 48.9 Å². The second-order valence-electron chi connectivity index (χ2n) is 7.25. The van der Waals surface area contributed by atoms with Crippen LogP contribution < -0.4 is 21.4 Å². The summed E-state index contributed by atoms with van der Waals surface area (Å²) < 4.78 is 0. The lowest BCUT2D eigenvalue weighted by molar-refractivity contribution is -0.139. The average Bonchev–Trinajstić information content (AvgIpc) is 2.83. The molecule has 3 rings (SSSR count). The molecule has 0 saturated carbocycles. The third-order valence-corrected chi connectivity index (χ3v) is 4.50. The molecule has 4 N–H and O–H groups in total. The molecular weight excluding hydrogens is 418 g/mol. The van der Waals surface area contributed by atoms with Crippen molar-refractivity contribution in [3.8, 4) is 0 Å². The van der Waals surface area contributed by atoms with Gasteiger partial charge in [-0.1, -0.05) is 48.5 Å². The number of nitrogens with zero attached hydrogens (tertiary/aromatic N) is 1. The fourth-order valence-electron chi connectivity index (χ4n) is 2.86. The van der Waals surface area contributed by atoms with Gasteiger partial charge in [-0.3, -0.25) is 14.4 Å². The van der Waals surface area contributed by atoms with Crippen molar-refractivity contribution in [2.24, 2.45) is 5.10 Å². The highest BCUT2D eigenvalue weighted by Crippen LogP contribution is 2.18. The first kappa shape index (κ1) is 23.2. The molecule has 0 heterocycles. The topological polar surface area (TPSA) is 112 Å². The van der Waals surface area contributed by atoms with E-state index in [1.54, 1.807) is 19.1 Å². The van der Waals surface area contributed by atoms with Gasteiger partial charge in [0.2, 0.25) is 5.91 Å². The molecule has 0 aliphatic heterocycles. The van der Waals surface area contributed by atoms with Crippen molar-refractivity contribution < 1.29 is 14.4 Å². The number of para-hydroxylation sites is 1. The van der Waals surface area contributed by atoms with Gasteiger partial charge in [-0.15, -0.1) is 0 Å². The van der Waals surface area contributed by atoms with E-state index in [2.05, 4.69) is 26.5 Å². The normalized spacial score (nSPS) is 10.8. The Morgan fingerprint density at radius 2 is 1.30 bits per heavy atom. The summed E-state index contributed by atoms with van der Waals surface area (Å²) in [7, 11) is 0. The van der Waals surface area contributed by atoms with Crippen LogP contribution in [0, 0.1) is 0 Å². The van der Waals surface area contributed by atoms with Gasteiger partial charge < -0.3 is 16.0 Å². The molecule has 8 nitrogen and oxygen atoms in total. The van der Waals surface area contributed by atoms with Gasteiger partial charge in [0.15, 0.2) is 0 Å². The summed E-state index contributed by atoms with van der Waals surface area (Å²) >= 11 is 0. The summed E-state index contributed by atoms with van der Waals surface area (Å²) in [4.78, 5) is 36.0. The maximum Gasteiger partial charge on any atom is 0.329 e. The number of amides is 3. The number of rotatable bonds is 8. The fraction of sp³-hybridized carbons (Fsp3) is 0.120. The van der Waals surface area contributed by atoms with Gasteiger partial charge in [-0.25, -0.2) is 5.43 Å². The Balaban J connectivity index is 1.41. The van der Waals surface area contributed by atoms with Crippen LogP contribution in [0.15, 0.2) is 90.0 Å². The summed E-state index contributed by atoms with van der Waals surface area (Å²) in [5, 5.41) is 12.4. The lowest BCUT2D eigenvalue weighted by Gasteiger charge is -2.09. The second kappa shape index (κ2) is 11.8. The molecule has 0 fully saturated rings. The zero-order chi connectivity index (χ0) is 23.5. The van der Waals surface area contributed by atoms with Crippen molar-refractivity contribution in [3.05, 3.63) is 90.5 Å². The first-order valence-corrected chi connectivity index (χ1v) is 10.4. The van der Waals surface area contributed by atoms with Crippen LogP contribution in [0.5, 0.6) is 0 Å². The molecule has 0 aliphatic rings. The third-order valence-electron chi connectivity index (χ3n) is 4.50. The molecule has 3 amide bonds. The average molecular weight is 444 g/mol. The minimum Gasteiger partial charge on any atom is -0.356 e. The Bertz CT molecular complexity index is 1110. The van der Waals surface area contributed by atoms with Crippen LogP contribution in [-0.4, -0.2) is 23.4 Å². The van der Waals surface area contributed by atoms with Gasteiger partial charge in [-0.2, -0.15) is 5.10 Å². The van der Waals surface area contributed by atoms with Crippen molar-refractivity contribution in [3.63, 3.8) is 0 Å². The van der Waals surface area contributed by atoms with Crippen LogP contribution in [0.3, 0.4) is 0 Å². The van der Waals surface area contributed by atoms with Gasteiger partial charge in [0.05, 0.1) is 6.42 Å². The first-order chi connectivity index (χ1) is 16.0. The molecule has 3 aromatic carbocycles. The molecule has 0 atom stereocenters. The highest BCUT2D eigenvalue weighted by molar-refractivity contribution is 6.35. The Labute approximate surface area is 192 Å². The van der Waals surface area contributed by atoms with Crippen molar-refractivity contribution in [1.82, 2.24) is 10.7 Å². The Kier molecular flexibility index (Phi) is 8.30. The third kappa shape index (κ3) is 7.95. The summed E-state index contributed by atoms with van der Waals surface area (Å²) in [5.41, 5.74) is 5.90. The predicted octanol–water partition coefficient (Wildman–Crippen LogP) is 3.57. The fourth-order valence-corrected chi connectivity index (χ4v) is 2.86. The highest BCUT2D eigenvalue weighted by atomic mass is 16.2. The van der Waals surface area contributed by atoms with Gasteiger partial charge in [0.1, 0.15) is 0 Å². The molecule has 168 valence electrons. The molecule has 0 aromatic heterocycles. The van der Waals surface area contributed by atoms with Crippen molar-refractivity contribution in [1.29, 1.82) is 0 Å². The van der Waals surface area contributed by atoms with Crippen LogP contribution in [0.1, 0.15) is 18.9 Å². The zero-order valence-corrected chi connectivity index (χ0v) is 18.2. The summed E-state index contributed by atoms with van der Waals surface area (Å²) in [6, 6.07) is 26.3. The second-order valence-corrected chi connectivity index (χ2v) is 7.25. The van der Waals surface area contributed by atoms with Gasteiger partial charge in [0.25, 0.3) is 0 Å². The van der Waals surface area contributed by atoms with E-state index in [9.17, 15) is 14.4 Å².